The number of nitrogens with zero attached hydrogens (tertiary/aromatic N) is 2. The fourth-order valence-corrected chi connectivity index (χ4v) is 3.84. The normalized spacial score (nSPS) is 24.7. The van der Waals surface area contributed by atoms with Crippen molar-refractivity contribution in [2.45, 2.75) is 51.5 Å². The minimum Gasteiger partial charge on any atom is -0.384 e. The number of likely N-dealkylation sites (tertiary alicyclic amines) is 1. The smallest absolute Gasteiger partial charge is 0.257 e. The number of carbonyl (C=O) groups is 1. The van der Waals surface area contributed by atoms with Crippen molar-refractivity contribution in [3.63, 3.8) is 0 Å². The van der Waals surface area contributed by atoms with E-state index in [0.717, 1.165) is 43.1 Å². The highest BCUT2D eigenvalue weighted by atomic mass is 16.2. The molecule has 0 spiro atoms. The fraction of sp³-hybridized carbons (Fsp3) is 0.647. The van der Waals surface area contributed by atoms with E-state index in [1.165, 1.54) is 25.7 Å². The van der Waals surface area contributed by atoms with Gasteiger partial charge in [0.05, 0.1) is 11.3 Å². The SMILES string of the molecule is CCCNc1ccncc1C(=O)N1CCCC2CCCC21. The maximum Gasteiger partial charge on any atom is 0.257 e. The average molecular weight is 287 g/mol. The zero-order valence-corrected chi connectivity index (χ0v) is 12.8. The zero-order valence-electron chi connectivity index (χ0n) is 12.8. The minimum atomic E-state index is 0.165. The molecule has 1 N–H and O–H groups in total. The lowest BCUT2D eigenvalue weighted by atomic mass is 9.91. The Balaban J connectivity index is 1.81. The summed E-state index contributed by atoms with van der Waals surface area (Å²) in [6.07, 6.45) is 10.7. The molecule has 1 amide bonds. The molecule has 1 aliphatic carbocycles. The van der Waals surface area contributed by atoms with Crippen LogP contribution in [-0.4, -0.2) is 34.9 Å². The summed E-state index contributed by atoms with van der Waals surface area (Å²) in [5.74, 6) is 0.893. The van der Waals surface area contributed by atoms with Gasteiger partial charge in [-0.15, -0.1) is 0 Å². The van der Waals surface area contributed by atoms with Gasteiger partial charge in [-0.3, -0.25) is 9.78 Å². The summed E-state index contributed by atoms with van der Waals surface area (Å²) in [4.78, 5) is 19.3. The summed E-state index contributed by atoms with van der Waals surface area (Å²) >= 11 is 0. The van der Waals surface area contributed by atoms with Gasteiger partial charge < -0.3 is 10.2 Å². The van der Waals surface area contributed by atoms with Crippen molar-refractivity contribution < 1.29 is 4.79 Å². The highest BCUT2D eigenvalue weighted by Gasteiger charge is 2.38. The molecular weight excluding hydrogens is 262 g/mol. The molecule has 2 heterocycles. The molecule has 2 unspecified atom stereocenters. The third-order valence-corrected chi connectivity index (χ3v) is 4.87. The summed E-state index contributed by atoms with van der Waals surface area (Å²) in [7, 11) is 0. The van der Waals surface area contributed by atoms with Gasteiger partial charge >= 0.3 is 0 Å². The van der Waals surface area contributed by atoms with Crippen molar-refractivity contribution in [2.24, 2.45) is 5.92 Å². The Morgan fingerprint density at radius 1 is 1.38 bits per heavy atom. The second-order valence-corrected chi connectivity index (χ2v) is 6.25. The van der Waals surface area contributed by atoms with E-state index in [2.05, 4.69) is 22.1 Å². The summed E-state index contributed by atoms with van der Waals surface area (Å²) in [6, 6.07) is 2.38. The number of pyridine rings is 1. The van der Waals surface area contributed by atoms with Gasteiger partial charge in [0.1, 0.15) is 0 Å². The van der Waals surface area contributed by atoms with E-state index in [1.54, 1.807) is 12.4 Å². The Kier molecular flexibility index (Phi) is 4.42. The van der Waals surface area contributed by atoms with Gasteiger partial charge in [0.15, 0.2) is 0 Å². The maximum atomic E-state index is 13.0. The van der Waals surface area contributed by atoms with Gasteiger partial charge in [0.25, 0.3) is 5.91 Å². The number of hydrogen-bond acceptors (Lipinski definition) is 3. The molecule has 0 aromatic carbocycles. The van der Waals surface area contributed by atoms with Gasteiger partial charge in [-0.2, -0.15) is 0 Å². The molecule has 2 atom stereocenters. The van der Waals surface area contributed by atoms with Gasteiger partial charge in [-0.05, 0) is 44.1 Å². The summed E-state index contributed by atoms with van der Waals surface area (Å²) in [5, 5.41) is 3.36. The molecule has 1 saturated heterocycles. The summed E-state index contributed by atoms with van der Waals surface area (Å²) < 4.78 is 0. The first-order valence-electron chi connectivity index (χ1n) is 8.30. The van der Waals surface area contributed by atoms with Crippen molar-refractivity contribution in [3.05, 3.63) is 24.0 Å². The third kappa shape index (κ3) is 2.89. The highest BCUT2D eigenvalue weighted by molar-refractivity contribution is 5.99. The lowest BCUT2D eigenvalue weighted by Crippen LogP contribution is -2.46. The van der Waals surface area contributed by atoms with E-state index < -0.39 is 0 Å². The predicted molar refractivity (Wildman–Crippen MR) is 84.4 cm³/mol. The standard InChI is InChI=1S/C17H25N3O/c1-2-9-19-15-8-10-18-12-14(15)17(21)20-11-4-6-13-5-3-7-16(13)20/h8,10,12-13,16H,2-7,9,11H2,1H3,(H,18,19). The number of amides is 1. The molecule has 21 heavy (non-hydrogen) atoms. The first kappa shape index (κ1) is 14.4. The lowest BCUT2D eigenvalue weighted by Gasteiger charge is -2.38. The number of anilines is 1. The van der Waals surface area contributed by atoms with Crippen LogP contribution in [0.2, 0.25) is 0 Å². The highest BCUT2D eigenvalue weighted by Crippen LogP contribution is 2.37. The van der Waals surface area contributed by atoms with Crippen LogP contribution in [0.5, 0.6) is 0 Å². The van der Waals surface area contributed by atoms with Gasteiger partial charge in [0, 0.05) is 31.5 Å². The van der Waals surface area contributed by atoms with Crippen LogP contribution in [0.15, 0.2) is 18.5 Å². The topological polar surface area (TPSA) is 45.2 Å². The van der Waals surface area contributed by atoms with Gasteiger partial charge in [-0.25, -0.2) is 0 Å². The molecule has 0 radical (unpaired) electrons. The van der Waals surface area contributed by atoms with Crippen molar-refractivity contribution in [2.75, 3.05) is 18.4 Å². The largest absolute Gasteiger partial charge is 0.384 e. The first-order valence-corrected chi connectivity index (χ1v) is 8.30. The van der Waals surface area contributed by atoms with Crippen LogP contribution < -0.4 is 5.32 Å². The molecule has 1 aromatic heterocycles. The zero-order chi connectivity index (χ0) is 14.7. The van der Waals surface area contributed by atoms with Crippen molar-refractivity contribution >= 4 is 11.6 Å². The number of aromatic nitrogens is 1. The molecule has 2 fully saturated rings. The number of nitrogens with one attached hydrogen (secondary N) is 1. The van der Waals surface area contributed by atoms with Crippen LogP contribution in [0.1, 0.15) is 55.8 Å². The van der Waals surface area contributed by atoms with Crippen molar-refractivity contribution in [3.8, 4) is 0 Å². The Morgan fingerprint density at radius 2 is 2.24 bits per heavy atom. The summed E-state index contributed by atoms with van der Waals surface area (Å²) in [6.45, 7) is 3.92. The van der Waals surface area contributed by atoms with Crippen LogP contribution in [0, 0.1) is 5.92 Å². The molecule has 4 heteroatoms. The minimum absolute atomic E-state index is 0.165. The van der Waals surface area contributed by atoms with Crippen LogP contribution in [0.4, 0.5) is 5.69 Å². The van der Waals surface area contributed by atoms with Crippen molar-refractivity contribution in [1.82, 2.24) is 9.88 Å². The number of rotatable bonds is 4. The molecule has 0 bridgehead atoms. The van der Waals surface area contributed by atoms with Crippen LogP contribution >= 0.6 is 0 Å². The predicted octanol–water partition coefficient (Wildman–Crippen LogP) is 3.31. The van der Waals surface area contributed by atoms with Gasteiger partial charge in [-0.1, -0.05) is 13.3 Å². The van der Waals surface area contributed by atoms with E-state index in [4.69, 9.17) is 0 Å². The Hall–Kier alpha value is -1.58. The van der Waals surface area contributed by atoms with E-state index in [0.29, 0.717) is 6.04 Å². The Morgan fingerprint density at radius 3 is 3.10 bits per heavy atom. The molecule has 1 aromatic rings. The Labute approximate surface area is 126 Å². The average Bonchev–Trinajstić information content (AvgIpc) is 3.01. The van der Waals surface area contributed by atoms with Crippen LogP contribution in [0.25, 0.3) is 0 Å². The van der Waals surface area contributed by atoms with Crippen LogP contribution in [0.3, 0.4) is 0 Å². The van der Waals surface area contributed by atoms with E-state index in [9.17, 15) is 4.79 Å². The van der Waals surface area contributed by atoms with E-state index >= 15 is 0 Å². The van der Waals surface area contributed by atoms with Crippen LogP contribution in [-0.2, 0) is 0 Å². The van der Waals surface area contributed by atoms with E-state index in [1.807, 2.05) is 6.07 Å². The second-order valence-electron chi connectivity index (χ2n) is 6.25. The fourth-order valence-electron chi connectivity index (χ4n) is 3.84. The second kappa shape index (κ2) is 6.46. The van der Waals surface area contributed by atoms with Crippen molar-refractivity contribution in [1.29, 1.82) is 0 Å². The quantitative estimate of drug-likeness (QED) is 0.924. The molecule has 1 saturated carbocycles. The molecular formula is C17H25N3O. The van der Waals surface area contributed by atoms with Gasteiger partial charge in [0.2, 0.25) is 0 Å². The lowest BCUT2D eigenvalue weighted by molar-refractivity contribution is 0.0549. The maximum absolute atomic E-state index is 13.0. The summed E-state index contributed by atoms with van der Waals surface area (Å²) in [5.41, 5.74) is 1.66. The number of carbonyl (C=O) groups excluding carboxylic acids is 1. The first-order chi connectivity index (χ1) is 10.3. The number of hydrogen-bond donors (Lipinski definition) is 1. The molecule has 2 aliphatic rings. The monoisotopic (exact) mass is 287 g/mol. The molecule has 3 rings (SSSR count). The number of piperidine rings is 1. The molecule has 4 nitrogen and oxygen atoms in total. The molecule has 114 valence electrons. The molecule has 1 aliphatic heterocycles. The number of fused-ring (bicyclic) bond motifs is 1. The Bertz CT molecular complexity index is 503. The van der Waals surface area contributed by atoms with E-state index in [-0.39, 0.29) is 5.91 Å². The third-order valence-electron chi connectivity index (χ3n) is 4.87.